The SMILES string of the molecule is Cc1cc(C(=O)Nc2cccc(CN3CCN(C)CC3)c2)c2cnn(Cc3cccs3)c2n1. The third-order valence-electron chi connectivity index (χ3n) is 6.05. The van der Waals surface area contributed by atoms with E-state index in [-0.39, 0.29) is 5.91 Å². The highest BCUT2D eigenvalue weighted by Gasteiger charge is 2.17. The molecule has 1 fully saturated rings. The predicted octanol–water partition coefficient (Wildman–Crippen LogP) is 3.85. The maximum absolute atomic E-state index is 13.3. The minimum absolute atomic E-state index is 0.141. The van der Waals surface area contributed by atoms with Gasteiger partial charge in [0.25, 0.3) is 5.91 Å². The number of fused-ring (bicyclic) bond motifs is 1. The highest BCUT2D eigenvalue weighted by molar-refractivity contribution is 7.09. The molecular formula is C25H28N6OS. The van der Waals surface area contributed by atoms with Crippen molar-refractivity contribution in [2.45, 2.75) is 20.0 Å². The summed E-state index contributed by atoms with van der Waals surface area (Å²) in [4.78, 5) is 23.9. The molecule has 3 aromatic heterocycles. The van der Waals surface area contributed by atoms with E-state index in [2.05, 4.69) is 55.8 Å². The number of aromatic nitrogens is 3. The lowest BCUT2D eigenvalue weighted by molar-refractivity contribution is 0.102. The molecule has 0 spiro atoms. The summed E-state index contributed by atoms with van der Waals surface area (Å²) in [6.07, 6.45) is 1.74. The summed E-state index contributed by atoms with van der Waals surface area (Å²) in [6.45, 7) is 7.77. The van der Waals surface area contributed by atoms with Crippen molar-refractivity contribution in [2.24, 2.45) is 0 Å². The first kappa shape index (κ1) is 21.8. The Hall–Kier alpha value is -3.07. The summed E-state index contributed by atoms with van der Waals surface area (Å²) in [6, 6.07) is 14.1. The van der Waals surface area contributed by atoms with Crippen molar-refractivity contribution in [1.82, 2.24) is 24.6 Å². The number of benzene rings is 1. The van der Waals surface area contributed by atoms with Crippen LogP contribution in [0.5, 0.6) is 0 Å². The number of nitrogens with zero attached hydrogens (tertiary/aromatic N) is 5. The van der Waals surface area contributed by atoms with Gasteiger partial charge in [-0.15, -0.1) is 11.3 Å². The summed E-state index contributed by atoms with van der Waals surface area (Å²) in [5, 5.41) is 10.4. The zero-order valence-corrected chi connectivity index (χ0v) is 19.8. The maximum atomic E-state index is 13.3. The molecule has 1 amide bonds. The minimum atomic E-state index is -0.141. The van der Waals surface area contributed by atoms with E-state index in [1.165, 1.54) is 10.4 Å². The molecule has 0 atom stereocenters. The number of carbonyl (C=O) groups is 1. The van der Waals surface area contributed by atoms with Gasteiger partial charge in [-0.05, 0) is 49.2 Å². The first-order chi connectivity index (χ1) is 16.0. The summed E-state index contributed by atoms with van der Waals surface area (Å²) in [7, 11) is 2.16. The molecule has 170 valence electrons. The Morgan fingerprint density at radius 2 is 1.94 bits per heavy atom. The van der Waals surface area contributed by atoms with E-state index in [1.807, 2.05) is 35.9 Å². The topological polar surface area (TPSA) is 66.3 Å². The molecular weight excluding hydrogens is 432 g/mol. The number of hydrogen-bond acceptors (Lipinski definition) is 6. The Morgan fingerprint density at radius 3 is 2.73 bits per heavy atom. The zero-order valence-electron chi connectivity index (χ0n) is 19.0. The van der Waals surface area contributed by atoms with Crippen LogP contribution in [0.15, 0.2) is 54.0 Å². The third-order valence-corrected chi connectivity index (χ3v) is 6.92. The summed E-state index contributed by atoms with van der Waals surface area (Å²) in [5.74, 6) is -0.141. The summed E-state index contributed by atoms with van der Waals surface area (Å²) >= 11 is 1.69. The Labute approximate surface area is 197 Å². The average molecular weight is 461 g/mol. The molecule has 7 nitrogen and oxygen atoms in total. The first-order valence-electron chi connectivity index (χ1n) is 11.2. The second-order valence-corrected chi connectivity index (χ2v) is 9.70. The molecule has 1 aliphatic heterocycles. The van der Waals surface area contributed by atoms with Crippen LogP contribution in [-0.2, 0) is 13.1 Å². The summed E-state index contributed by atoms with van der Waals surface area (Å²) < 4.78 is 1.86. The number of aryl methyl sites for hydroxylation is 1. The highest BCUT2D eigenvalue weighted by atomic mass is 32.1. The zero-order chi connectivity index (χ0) is 22.8. The van der Waals surface area contributed by atoms with E-state index >= 15 is 0 Å². The molecule has 1 saturated heterocycles. The number of anilines is 1. The number of amides is 1. The maximum Gasteiger partial charge on any atom is 0.256 e. The lowest BCUT2D eigenvalue weighted by atomic mass is 10.1. The number of hydrogen-bond donors (Lipinski definition) is 1. The number of nitrogens with one attached hydrogen (secondary N) is 1. The number of piperazine rings is 1. The van der Waals surface area contributed by atoms with Crippen LogP contribution in [0.2, 0.25) is 0 Å². The van der Waals surface area contributed by atoms with Crippen LogP contribution in [0.4, 0.5) is 5.69 Å². The number of thiophene rings is 1. The van der Waals surface area contributed by atoms with Gasteiger partial charge in [0.15, 0.2) is 5.65 Å². The molecule has 0 unspecified atom stereocenters. The standard InChI is InChI=1S/C25H28N6OS/c1-18-13-22(23-15-26-31(24(23)27-18)17-21-7-4-12-33-21)25(32)28-20-6-3-5-19(14-20)16-30-10-8-29(2)9-11-30/h3-7,12-15H,8-11,16-17H2,1-2H3,(H,28,32). The third kappa shape index (κ3) is 4.98. The monoisotopic (exact) mass is 460 g/mol. The van der Waals surface area contributed by atoms with Crippen molar-refractivity contribution in [1.29, 1.82) is 0 Å². The quantitative estimate of drug-likeness (QED) is 0.474. The van der Waals surface area contributed by atoms with Crippen LogP contribution < -0.4 is 5.32 Å². The number of pyridine rings is 1. The van der Waals surface area contributed by atoms with Gasteiger partial charge in [0.05, 0.1) is 23.7 Å². The van der Waals surface area contributed by atoms with Crippen LogP contribution in [0.1, 0.15) is 26.5 Å². The van der Waals surface area contributed by atoms with Crippen molar-refractivity contribution in [3.05, 3.63) is 75.7 Å². The Kier molecular flexibility index (Phi) is 6.22. The van der Waals surface area contributed by atoms with Gasteiger partial charge >= 0.3 is 0 Å². The molecule has 4 aromatic rings. The molecule has 0 bridgehead atoms. The molecule has 4 heterocycles. The van der Waals surface area contributed by atoms with E-state index in [9.17, 15) is 4.79 Å². The predicted molar refractivity (Wildman–Crippen MR) is 133 cm³/mol. The van der Waals surface area contributed by atoms with Crippen molar-refractivity contribution < 1.29 is 4.79 Å². The van der Waals surface area contributed by atoms with Gasteiger partial charge in [0.2, 0.25) is 0 Å². The molecule has 0 saturated carbocycles. The van der Waals surface area contributed by atoms with Gasteiger partial charge in [-0.25, -0.2) is 9.67 Å². The Balaban J connectivity index is 1.34. The highest BCUT2D eigenvalue weighted by Crippen LogP contribution is 2.22. The van der Waals surface area contributed by atoms with Crippen LogP contribution in [0.25, 0.3) is 11.0 Å². The van der Waals surface area contributed by atoms with Crippen LogP contribution in [0.3, 0.4) is 0 Å². The average Bonchev–Trinajstić information content (AvgIpc) is 3.46. The second-order valence-electron chi connectivity index (χ2n) is 8.66. The number of likely N-dealkylation sites (N-methyl/N-ethyl adjacent to an activating group) is 1. The molecule has 5 rings (SSSR count). The van der Waals surface area contributed by atoms with E-state index < -0.39 is 0 Å². The fraction of sp³-hybridized carbons (Fsp3) is 0.320. The van der Waals surface area contributed by atoms with Crippen molar-refractivity contribution >= 4 is 34.0 Å². The van der Waals surface area contributed by atoms with Gasteiger partial charge in [0, 0.05) is 49.0 Å². The van der Waals surface area contributed by atoms with E-state index in [0.29, 0.717) is 12.1 Å². The fourth-order valence-corrected chi connectivity index (χ4v) is 4.92. The molecule has 1 N–H and O–H groups in total. The fourth-order valence-electron chi connectivity index (χ4n) is 4.24. The lowest BCUT2D eigenvalue weighted by Crippen LogP contribution is -2.43. The lowest BCUT2D eigenvalue weighted by Gasteiger charge is -2.32. The smallest absolute Gasteiger partial charge is 0.256 e. The van der Waals surface area contributed by atoms with Gasteiger partial charge < -0.3 is 10.2 Å². The Bertz CT molecular complexity index is 1260. The molecule has 0 aliphatic carbocycles. The van der Waals surface area contributed by atoms with E-state index in [1.54, 1.807) is 17.5 Å². The molecule has 33 heavy (non-hydrogen) atoms. The van der Waals surface area contributed by atoms with Gasteiger partial charge in [0.1, 0.15) is 0 Å². The first-order valence-corrected chi connectivity index (χ1v) is 12.1. The molecule has 8 heteroatoms. The van der Waals surface area contributed by atoms with Crippen LogP contribution >= 0.6 is 11.3 Å². The van der Waals surface area contributed by atoms with Gasteiger partial charge in [-0.2, -0.15) is 5.10 Å². The normalized spacial score (nSPS) is 15.2. The second kappa shape index (κ2) is 9.43. The van der Waals surface area contributed by atoms with Gasteiger partial charge in [-0.1, -0.05) is 18.2 Å². The Morgan fingerprint density at radius 1 is 1.09 bits per heavy atom. The van der Waals surface area contributed by atoms with Crippen molar-refractivity contribution in [3.8, 4) is 0 Å². The van der Waals surface area contributed by atoms with Gasteiger partial charge in [-0.3, -0.25) is 9.69 Å². The number of carbonyl (C=O) groups excluding carboxylic acids is 1. The largest absolute Gasteiger partial charge is 0.322 e. The molecule has 0 radical (unpaired) electrons. The van der Waals surface area contributed by atoms with E-state index in [4.69, 9.17) is 0 Å². The number of rotatable bonds is 6. The summed E-state index contributed by atoms with van der Waals surface area (Å²) in [5.41, 5.74) is 4.14. The van der Waals surface area contributed by atoms with E-state index in [0.717, 1.165) is 55.1 Å². The minimum Gasteiger partial charge on any atom is -0.322 e. The van der Waals surface area contributed by atoms with Crippen LogP contribution in [-0.4, -0.2) is 63.7 Å². The molecule has 1 aliphatic rings. The van der Waals surface area contributed by atoms with Crippen molar-refractivity contribution in [2.75, 3.05) is 38.5 Å². The van der Waals surface area contributed by atoms with Crippen LogP contribution in [0, 0.1) is 6.92 Å². The molecule has 1 aromatic carbocycles. The van der Waals surface area contributed by atoms with Crippen molar-refractivity contribution in [3.63, 3.8) is 0 Å².